The molecule has 14 heteroatoms. The van der Waals surface area contributed by atoms with Crippen LogP contribution in [0.15, 0.2) is 109 Å². The lowest BCUT2D eigenvalue weighted by Crippen LogP contribution is -2.54. The topological polar surface area (TPSA) is 192 Å². The third-order valence-corrected chi connectivity index (χ3v) is 13.9. The molecular formula is C57H60N8O6. The van der Waals surface area contributed by atoms with E-state index < -0.39 is 29.7 Å². The number of aliphatic hydroxyl groups excluding tert-OH is 1. The summed E-state index contributed by atoms with van der Waals surface area (Å²) in [5.41, 5.74) is 8.29. The molecule has 1 unspecified atom stereocenters. The number of fused-ring (bicyclic) bond motifs is 2. The highest BCUT2D eigenvalue weighted by Gasteiger charge is 2.45. The molecule has 14 nitrogen and oxygen atoms in total. The molecule has 5 amide bonds. The molecule has 1 saturated carbocycles. The number of piperidine rings is 1. The van der Waals surface area contributed by atoms with Crippen LogP contribution in [-0.2, 0) is 20.9 Å². The van der Waals surface area contributed by atoms with Gasteiger partial charge in [0.2, 0.25) is 17.7 Å². The number of imide groups is 2. The maximum atomic E-state index is 13.3. The van der Waals surface area contributed by atoms with E-state index in [2.05, 4.69) is 68.8 Å². The van der Waals surface area contributed by atoms with Crippen molar-refractivity contribution in [3.63, 3.8) is 0 Å². The van der Waals surface area contributed by atoms with Gasteiger partial charge in [0.25, 0.3) is 11.8 Å². The van der Waals surface area contributed by atoms with E-state index in [1.807, 2.05) is 59.4 Å². The van der Waals surface area contributed by atoms with Crippen LogP contribution in [0.3, 0.4) is 0 Å². The maximum Gasteiger partial charge on any atom is 0.264 e. The molecule has 1 atom stereocenters. The van der Waals surface area contributed by atoms with Crippen LogP contribution in [0, 0.1) is 17.3 Å². The second kappa shape index (κ2) is 22.4. The largest absolute Gasteiger partial charge is 0.393 e. The zero-order valence-electron chi connectivity index (χ0n) is 39.9. The molecule has 0 spiro atoms. The average molecular weight is 953 g/mol. The lowest BCUT2D eigenvalue weighted by molar-refractivity contribution is -0.136. The first kappa shape index (κ1) is 48.4. The summed E-state index contributed by atoms with van der Waals surface area (Å²) >= 11 is 0. The summed E-state index contributed by atoms with van der Waals surface area (Å²) in [7, 11) is 0. The number of aliphatic hydroxyl groups is 1. The number of carbonyl (C=O) groups is 5. The zero-order valence-corrected chi connectivity index (χ0v) is 39.9. The molecule has 4 aromatic carbocycles. The number of benzene rings is 4. The minimum atomic E-state index is -1.01. The SMILES string of the molecule is N=c1c2c(-c3ccccc3)c(-c3ccccc3)n(Cc3cccc(C#CCCCCNC(=O)CCCCCCNc4cccc5c4C(=O)N(C4CCC(=O)NC4=O)C5=O)c3)c2ncn1C1CCC(O)CC1. The van der Waals surface area contributed by atoms with Crippen molar-refractivity contribution in [2.45, 2.75) is 115 Å². The number of hydrogen-bond acceptors (Lipinski definition) is 9. The Bertz CT molecular complexity index is 3070. The minimum Gasteiger partial charge on any atom is -0.393 e. The van der Waals surface area contributed by atoms with Crippen molar-refractivity contribution in [3.05, 3.63) is 137 Å². The monoisotopic (exact) mass is 952 g/mol. The van der Waals surface area contributed by atoms with Crippen LogP contribution in [0.4, 0.5) is 5.69 Å². The summed E-state index contributed by atoms with van der Waals surface area (Å²) in [4.78, 5) is 69.2. The van der Waals surface area contributed by atoms with Crippen LogP contribution in [0.2, 0.25) is 0 Å². The number of rotatable bonds is 18. The minimum absolute atomic E-state index is 0.0368. The van der Waals surface area contributed by atoms with Gasteiger partial charge in [-0.15, -0.1) is 0 Å². The molecule has 0 radical (unpaired) electrons. The lowest BCUT2D eigenvalue weighted by Gasteiger charge is -2.27. The third kappa shape index (κ3) is 10.9. The zero-order chi connectivity index (χ0) is 49.3. The van der Waals surface area contributed by atoms with Crippen LogP contribution < -0.4 is 21.4 Å². The molecule has 71 heavy (non-hydrogen) atoms. The van der Waals surface area contributed by atoms with Crippen LogP contribution in [0.25, 0.3) is 33.4 Å². The molecule has 4 heterocycles. The van der Waals surface area contributed by atoms with Gasteiger partial charge >= 0.3 is 0 Å². The normalized spacial score (nSPS) is 17.7. The smallest absolute Gasteiger partial charge is 0.264 e. The Labute approximate surface area is 413 Å². The molecule has 6 aromatic rings. The van der Waals surface area contributed by atoms with Crippen LogP contribution in [-0.4, -0.2) is 78.9 Å². The molecule has 0 bridgehead atoms. The first-order valence-corrected chi connectivity index (χ1v) is 25.1. The Balaban J connectivity index is 0.741. The van der Waals surface area contributed by atoms with Crippen molar-refractivity contribution in [1.82, 2.24) is 29.7 Å². The van der Waals surface area contributed by atoms with E-state index in [0.29, 0.717) is 43.7 Å². The summed E-state index contributed by atoms with van der Waals surface area (Å²) < 4.78 is 4.25. The average Bonchev–Trinajstić information content (AvgIpc) is 3.84. The third-order valence-electron chi connectivity index (χ3n) is 13.9. The van der Waals surface area contributed by atoms with Crippen molar-refractivity contribution in [1.29, 1.82) is 5.41 Å². The molecule has 3 aliphatic rings. The fraction of sp³-hybridized carbons (Fsp3) is 0.351. The number of nitrogens with zero attached hydrogens (tertiary/aromatic N) is 4. The van der Waals surface area contributed by atoms with E-state index in [1.165, 1.54) is 0 Å². The number of aromatic nitrogens is 3. The summed E-state index contributed by atoms with van der Waals surface area (Å²) in [6, 6.07) is 33.1. The molecule has 364 valence electrons. The van der Waals surface area contributed by atoms with Gasteiger partial charge < -0.3 is 24.9 Å². The molecule has 1 aliphatic carbocycles. The molecule has 2 aromatic heterocycles. The van der Waals surface area contributed by atoms with E-state index >= 15 is 0 Å². The standard InChI is InChI=1S/C57H60N8O6/c58-53-51-49(40-20-8-5-9-21-40)52(41-22-10-6-11-23-41)63(54(51)61-37-64(53)42-27-29-43(66)30-28-42)36-39-19-15-18-38(35-39)17-7-1-3-14-34-60-47(67)26-12-2-4-13-33-59-45-25-16-24-44-50(45)57(71)65(56(44)70)46-31-32-48(68)62-55(46)69/h5-6,8-11,15-16,18-25,35,37,42-43,46,58-59,66H,1-4,12-14,26-34,36H2,(H,60,67)(H,62,68,69). The first-order valence-electron chi connectivity index (χ1n) is 25.1. The van der Waals surface area contributed by atoms with Crippen LogP contribution >= 0.6 is 0 Å². The van der Waals surface area contributed by atoms with Crippen LogP contribution in [0.5, 0.6) is 0 Å². The molecule has 2 fully saturated rings. The van der Waals surface area contributed by atoms with E-state index in [1.54, 1.807) is 18.2 Å². The summed E-state index contributed by atoms with van der Waals surface area (Å²) in [6.07, 6.45) is 11.0. The van der Waals surface area contributed by atoms with Crippen molar-refractivity contribution in [3.8, 4) is 34.2 Å². The Morgan fingerprint density at radius 3 is 2.28 bits per heavy atom. The van der Waals surface area contributed by atoms with Crippen molar-refractivity contribution >= 4 is 46.3 Å². The van der Waals surface area contributed by atoms with Crippen molar-refractivity contribution in [2.24, 2.45) is 0 Å². The van der Waals surface area contributed by atoms with Gasteiger partial charge in [-0.3, -0.25) is 39.6 Å². The molecule has 1 saturated heterocycles. The molecular weight excluding hydrogens is 893 g/mol. The van der Waals surface area contributed by atoms with E-state index in [9.17, 15) is 34.5 Å². The molecule has 9 rings (SSSR count). The Morgan fingerprint density at radius 1 is 0.775 bits per heavy atom. The summed E-state index contributed by atoms with van der Waals surface area (Å²) in [5, 5.41) is 29.3. The molecule has 2 aliphatic heterocycles. The van der Waals surface area contributed by atoms with Gasteiger partial charge in [-0.25, -0.2) is 4.98 Å². The van der Waals surface area contributed by atoms with Crippen LogP contribution in [0.1, 0.15) is 128 Å². The maximum absolute atomic E-state index is 13.3. The van der Waals surface area contributed by atoms with Gasteiger partial charge in [0, 0.05) is 61.8 Å². The highest BCUT2D eigenvalue weighted by Crippen LogP contribution is 2.40. The number of carbonyl (C=O) groups excluding carboxylic acids is 5. The number of hydrogen-bond donors (Lipinski definition) is 5. The highest BCUT2D eigenvalue weighted by molar-refractivity contribution is 6.25. The quantitative estimate of drug-likeness (QED) is 0.0323. The van der Waals surface area contributed by atoms with Crippen molar-refractivity contribution in [2.75, 3.05) is 18.4 Å². The number of nitrogens with one attached hydrogen (secondary N) is 4. The van der Waals surface area contributed by atoms with Crippen molar-refractivity contribution < 1.29 is 29.1 Å². The van der Waals surface area contributed by atoms with E-state index in [-0.39, 0.29) is 42.0 Å². The second-order valence-electron chi connectivity index (χ2n) is 18.8. The highest BCUT2D eigenvalue weighted by atomic mass is 16.3. The predicted molar refractivity (Wildman–Crippen MR) is 272 cm³/mol. The van der Waals surface area contributed by atoms with Gasteiger partial charge in [-0.05, 0) is 98.7 Å². The number of anilines is 1. The van der Waals surface area contributed by atoms with Gasteiger partial charge in [0.15, 0.2) is 0 Å². The second-order valence-corrected chi connectivity index (χ2v) is 18.8. The fourth-order valence-corrected chi connectivity index (χ4v) is 10.2. The van der Waals surface area contributed by atoms with Gasteiger partial charge in [0.1, 0.15) is 17.2 Å². The van der Waals surface area contributed by atoms with Gasteiger partial charge in [-0.1, -0.05) is 104 Å². The van der Waals surface area contributed by atoms with Gasteiger partial charge in [0.05, 0.1) is 34.6 Å². The number of unbranched alkanes of at least 4 members (excludes halogenated alkanes) is 5. The predicted octanol–water partition coefficient (Wildman–Crippen LogP) is 8.28. The Morgan fingerprint density at radius 2 is 1.51 bits per heavy atom. The Hall–Kier alpha value is -7.63. The Kier molecular flexibility index (Phi) is 15.3. The van der Waals surface area contributed by atoms with Gasteiger partial charge in [-0.2, -0.15) is 0 Å². The fourth-order valence-electron chi connectivity index (χ4n) is 10.2. The van der Waals surface area contributed by atoms with E-state index in [4.69, 9.17) is 4.98 Å². The molecule has 5 N–H and O–H groups in total. The lowest BCUT2D eigenvalue weighted by atomic mass is 9.93. The number of amides is 5. The van der Waals surface area contributed by atoms with E-state index in [0.717, 1.165) is 114 Å². The summed E-state index contributed by atoms with van der Waals surface area (Å²) in [6.45, 7) is 1.71. The first-order chi connectivity index (χ1) is 34.7. The summed E-state index contributed by atoms with van der Waals surface area (Å²) in [5.74, 6) is 4.62.